The number of methoxy groups -OCH3 is 1. The van der Waals surface area contributed by atoms with Crippen molar-refractivity contribution in [3.05, 3.63) is 40.3 Å². The van der Waals surface area contributed by atoms with Gasteiger partial charge < -0.3 is 18.9 Å². The minimum atomic E-state index is -0.352. The van der Waals surface area contributed by atoms with Crippen LogP contribution in [0.1, 0.15) is 45.1 Å². The van der Waals surface area contributed by atoms with Crippen LogP contribution in [0.25, 0.3) is 0 Å². The molecule has 2 aromatic rings. The fourth-order valence-electron chi connectivity index (χ4n) is 2.91. The number of hydrogen-bond acceptors (Lipinski definition) is 7. The van der Waals surface area contributed by atoms with E-state index in [2.05, 4.69) is 15.1 Å². The number of morpholine rings is 1. The van der Waals surface area contributed by atoms with Crippen molar-refractivity contribution in [2.24, 2.45) is 0 Å². The molecular weight excluding hydrogens is 324 g/mol. The maximum atomic E-state index is 12.9. The Bertz CT molecular complexity index is 754. The minimum absolute atomic E-state index is 0.193. The third-order valence-corrected chi connectivity index (χ3v) is 4.12. The van der Waals surface area contributed by atoms with Crippen LogP contribution in [0.5, 0.6) is 0 Å². The average molecular weight is 346 g/mol. The second-order valence-corrected chi connectivity index (χ2v) is 6.12. The Kier molecular flexibility index (Phi) is 5.10. The van der Waals surface area contributed by atoms with Crippen molar-refractivity contribution in [2.75, 3.05) is 26.8 Å². The molecule has 0 spiro atoms. The zero-order valence-corrected chi connectivity index (χ0v) is 14.9. The molecule has 0 unspecified atom stereocenters. The highest BCUT2D eigenvalue weighted by Crippen LogP contribution is 2.23. The topological polar surface area (TPSA) is 90.6 Å². The SMILES string of the molecule is COCc1c(C(=O)N2CCO[C@@H](c3nc(C)cc(C)n3)C2)noc1C. The number of hydrogen-bond donors (Lipinski definition) is 0. The number of carbonyl (C=O) groups is 1. The summed E-state index contributed by atoms with van der Waals surface area (Å²) in [7, 11) is 1.57. The van der Waals surface area contributed by atoms with Crippen molar-refractivity contribution < 1.29 is 18.8 Å². The molecule has 0 N–H and O–H groups in total. The van der Waals surface area contributed by atoms with Crippen molar-refractivity contribution in [1.82, 2.24) is 20.0 Å². The van der Waals surface area contributed by atoms with E-state index in [-0.39, 0.29) is 18.6 Å². The molecule has 0 bridgehead atoms. The van der Waals surface area contributed by atoms with Crippen molar-refractivity contribution >= 4 is 5.91 Å². The number of carbonyl (C=O) groups excluding carboxylic acids is 1. The van der Waals surface area contributed by atoms with Gasteiger partial charge in [-0.2, -0.15) is 0 Å². The predicted molar refractivity (Wildman–Crippen MR) is 88.1 cm³/mol. The van der Waals surface area contributed by atoms with E-state index < -0.39 is 0 Å². The Balaban J connectivity index is 1.80. The van der Waals surface area contributed by atoms with E-state index in [1.807, 2.05) is 19.9 Å². The van der Waals surface area contributed by atoms with E-state index in [1.165, 1.54) is 0 Å². The van der Waals surface area contributed by atoms with Gasteiger partial charge in [-0.3, -0.25) is 4.79 Å². The largest absolute Gasteiger partial charge is 0.380 e. The van der Waals surface area contributed by atoms with E-state index in [9.17, 15) is 4.79 Å². The maximum Gasteiger partial charge on any atom is 0.276 e. The lowest BCUT2D eigenvalue weighted by Gasteiger charge is -2.32. The number of rotatable bonds is 4. The van der Waals surface area contributed by atoms with E-state index >= 15 is 0 Å². The van der Waals surface area contributed by atoms with Gasteiger partial charge >= 0.3 is 0 Å². The van der Waals surface area contributed by atoms with Crippen molar-refractivity contribution in [1.29, 1.82) is 0 Å². The predicted octanol–water partition coefficient (Wildman–Crippen LogP) is 1.75. The summed E-state index contributed by atoms with van der Waals surface area (Å²) >= 11 is 0. The molecular formula is C17H22N4O4. The molecule has 0 saturated carbocycles. The van der Waals surface area contributed by atoms with Crippen LogP contribution in [0.2, 0.25) is 0 Å². The van der Waals surface area contributed by atoms with Crippen molar-refractivity contribution in [3.63, 3.8) is 0 Å². The first-order valence-corrected chi connectivity index (χ1v) is 8.16. The summed E-state index contributed by atoms with van der Waals surface area (Å²) in [6, 6.07) is 1.91. The van der Waals surface area contributed by atoms with Crippen LogP contribution in [0.3, 0.4) is 0 Å². The first-order chi connectivity index (χ1) is 12.0. The summed E-state index contributed by atoms with van der Waals surface area (Å²) in [5.74, 6) is 0.998. The molecule has 134 valence electrons. The Hall–Kier alpha value is -2.32. The Morgan fingerprint density at radius 2 is 2.04 bits per heavy atom. The molecule has 1 amide bonds. The van der Waals surface area contributed by atoms with Gasteiger partial charge in [-0.25, -0.2) is 9.97 Å². The number of aryl methyl sites for hydroxylation is 3. The smallest absolute Gasteiger partial charge is 0.276 e. The van der Waals surface area contributed by atoms with Gasteiger partial charge in [0.1, 0.15) is 11.9 Å². The zero-order chi connectivity index (χ0) is 18.0. The standard InChI is InChI=1S/C17H22N4O4/c1-10-7-11(2)19-16(18-10)14-8-21(5-6-24-14)17(22)15-13(9-23-4)12(3)25-20-15/h7,14H,5-6,8-9H2,1-4H3/t14-/m1/s1. The highest BCUT2D eigenvalue weighted by Gasteiger charge is 2.31. The highest BCUT2D eigenvalue weighted by atomic mass is 16.5. The molecule has 1 atom stereocenters. The van der Waals surface area contributed by atoms with E-state index in [1.54, 1.807) is 18.9 Å². The lowest BCUT2D eigenvalue weighted by molar-refractivity contribution is -0.0273. The Morgan fingerprint density at radius 3 is 2.72 bits per heavy atom. The second kappa shape index (κ2) is 7.28. The molecule has 3 rings (SSSR count). The quantitative estimate of drug-likeness (QED) is 0.833. The van der Waals surface area contributed by atoms with Crippen LogP contribution in [0, 0.1) is 20.8 Å². The van der Waals surface area contributed by atoms with Crippen LogP contribution in [0.4, 0.5) is 0 Å². The molecule has 1 fully saturated rings. The van der Waals surface area contributed by atoms with Gasteiger partial charge in [0, 0.05) is 25.0 Å². The van der Waals surface area contributed by atoms with Gasteiger partial charge in [0.05, 0.1) is 25.3 Å². The van der Waals surface area contributed by atoms with Crippen LogP contribution < -0.4 is 0 Å². The molecule has 3 heterocycles. The molecule has 0 radical (unpaired) electrons. The summed E-state index contributed by atoms with van der Waals surface area (Å²) in [4.78, 5) is 23.5. The summed E-state index contributed by atoms with van der Waals surface area (Å²) < 4.78 is 16.1. The van der Waals surface area contributed by atoms with E-state index in [0.717, 1.165) is 11.4 Å². The van der Waals surface area contributed by atoms with Gasteiger partial charge in [0.15, 0.2) is 11.5 Å². The van der Waals surface area contributed by atoms with Crippen molar-refractivity contribution in [2.45, 2.75) is 33.5 Å². The van der Waals surface area contributed by atoms with Gasteiger partial charge in [-0.15, -0.1) is 0 Å². The summed E-state index contributed by atoms with van der Waals surface area (Å²) in [6.07, 6.45) is -0.352. The minimum Gasteiger partial charge on any atom is -0.380 e. The number of amides is 1. The summed E-state index contributed by atoms with van der Waals surface area (Å²) in [6.45, 7) is 7.16. The normalized spacial score (nSPS) is 17.8. The van der Waals surface area contributed by atoms with Gasteiger partial charge in [0.2, 0.25) is 0 Å². The first kappa shape index (κ1) is 17.5. The van der Waals surface area contributed by atoms with Crippen LogP contribution >= 0.6 is 0 Å². The molecule has 8 heteroatoms. The number of nitrogens with zero attached hydrogens (tertiary/aromatic N) is 4. The van der Waals surface area contributed by atoms with Gasteiger partial charge in [-0.05, 0) is 26.8 Å². The molecule has 1 aliphatic rings. The molecule has 1 aliphatic heterocycles. The van der Waals surface area contributed by atoms with E-state index in [4.69, 9.17) is 14.0 Å². The lowest BCUT2D eigenvalue weighted by atomic mass is 10.1. The lowest BCUT2D eigenvalue weighted by Crippen LogP contribution is -2.43. The number of ether oxygens (including phenoxy) is 2. The van der Waals surface area contributed by atoms with Crippen LogP contribution in [0.15, 0.2) is 10.6 Å². The zero-order valence-electron chi connectivity index (χ0n) is 14.9. The fourth-order valence-corrected chi connectivity index (χ4v) is 2.91. The summed E-state index contributed by atoms with van der Waals surface area (Å²) in [5, 5.41) is 3.92. The third-order valence-electron chi connectivity index (χ3n) is 4.12. The Morgan fingerprint density at radius 1 is 1.32 bits per heavy atom. The van der Waals surface area contributed by atoms with Gasteiger partial charge in [-0.1, -0.05) is 5.16 Å². The molecule has 0 aromatic carbocycles. The highest BCUT2D eigenvalue weighted by molar-refractivity contribution is 5.93. The fraction of sp³-hybridized carbons (Fsp3) is 0.529. The average Bonchev–Trinajstić information content (AvgIpc) is 2.95. The molecule has 8 nitrogen and oxygen atoms in total. The van der Waals surface area contributed by atoms with Crippen LogP contribution in [-0.2, 0) is 16.1 Å². The molecule has 2 aromatic heterocycles. The summed E-state index contributed by atoms with van der Waals surface area (Å²) in [5.41, 5.74) is 2.73. The Labute approximate surface area is 146 Å². The van der Waals surface area contributed by atoms with E-state index in [0.29, 0.717) is 42.5 Å². The molecule has 1 saturated heterocycles. The maximum absolute atomic E-state index is 12.9. The van der Waals surface area contributed by atoms with Crippen LogP contribution in [-0.4, -0.2) is 52.7 Å². The molecule has 25 heavy (non-hydrogen) atoms. The third kappa shape index (κ3) is 3.69. The monoisotopic (exact) mass is 346 g/mol. The first-order valence-electron chi connectivity index (χ1n) is 8.16. The van der Waals surface area contributed by atoms with Gasteiger partial charge in [0.25, 0.3) is 5.91 Å². The van der Waals surface area contributed by atoms with Crippen molar-refractivity contribution in [3.8, 4) is 0 Å². The number of aromatic nitrogens is 3. The molecule has 0 aliphatic carbocycles. The second-order valence-electron chi connectivity index (χ2n) is 6.12.